The average molecular weight is 956 g/mol. The van der Waals surface area contributed by atoms with Crippen LogP contribution in [0, 0.1) is 0 Å². The molecule has 6 heteroatoms. The van der Waals surface area contributed by atoms with Crippen molar-refractivity contribution in [2.45, 2.75) is 245 Å². The van der Waals surface area contributed by atoms with Crippen molar-refractivity contribution in [2.24, 2.45) is 0 Å². The molecule has 0 N–H and O–H groups in total. The smallest absolute Gasteiger partial charge is 0.306 e. The van der Waals surface area contributed by atoms with Crippen molar-refractivity contribution in [3.8, 4) is 0 Å². The molecule has 0 aliphatic heterocycles. The van der Waals surface area contributed by atoms with Crippen LogP contribution >= 0.6 is 0 Å². The fourth-order valence-corrected chi connectivity index (χ4v) is 7.28. The monoisotopic (exact) mass is 955 g/mol. The molecule has 1 atom stereocenters. The van der Waals surface area contributed by atoms with E-state index in [0.29, 0.717) is 19.3 Å². The summed E-state index contributed by atoms with van der Waals surface area (Å²) in [5.41, 5.74) is 0. The molecule has 0 fully saturated rings. The van der Waals surface area contributed by atoms with Gasteiger partial charge in [0.2, 0.25) is 0 Å². The van der Waals surface area contributed by atoms with E-state index >= 15 is 0 Å². The van der Waals surface area contributed by atoms with Crippen LogP contribution in [-0.4, -0.2) is 37.2 Å². The van der Waals surface area contributed by atoms with Crippen molar-refractivity contribution >= 4 is 17.9 Å². The van der Waals surface area contributed by atoms with Gasteiger partial charge in [0.25, 0.3) is 0 Å². The normalized spacial score (nSPS) is 13.0. The molecule has 0 spiro atoms. The lowest BCUT2D eigenvalue weighted by molar-refractivity contribution is -0.166. The molecule has 6 nitrogen and oxygen atoms in total. The van der Waals surface area contributed by atoms with Crippen LogP contribution in [0.5, 0.6) is 0 Å². The minimum absolute atomic E-state index is 0.132. The molecular weight excluding hydrogens is 853 g/mol. The Labute approximate surface area is 424 Å². The molecule has 0 aromatic heterocycles. The molecule has 0 rings (SSSR count). The van der Waals surface area contributed by atoms with E-state index in [1.54, 1.807) is 0 Å². The van der Waals surface area contributed by atoms with Gasteiger partial charge in [-0.2, -0.15) is 0 Å². The van der Waals surface area contributed by atoms with Crippen molar-refractivity contribution < 1.29 is 28.6 Å². The second-order valence-electron chi connectivity index (χ2n) is 18.1. The van der Waals surface area contributed by atoms with E-state index in [1.165, 1.54) is 103 Å². The molecule has 0 saturated carbocycles. The summed E-state index contributed by atoms with van der Waals surface area (Å²) in [6.07, 6.45) is 77.7. The van der Waals surface area contributed by atoms with E-state index in [2.05, 4.69) is 136 Å². The van der Waals surface area contributed by atoms with Gasteiger partial charge in [-0.3, -0.25) is 14.4 Å². The SMILES string of the molecule is CC/C=C\C/C=C\C/C=C\C/C=C\C/C=C\CCCC(=O)OC[C@H](COC(=O)CC/C=C\C/C=C\C/C=C\C/C=C\C/C=C\CCCCC)OC(=O)CCCCCCCCCCCCCCCCC. The lowest BCUT2D eigenvalue weighted by atomic mass is 10.0. The highest BCUT2D eigenvalue weighted by Gasteiger charge is 2.19. The standard InChI is InChI=1S/C63H102O6/c1-4-7-10-13-16-19-22-25-28-30-31-33-36-38-41-44-47-50-53-56-62(65)68-59-60(69-63(66)57-54-51-48-45-42-39-34-27-24-21-18-15-12-9-6-3)58-67-61(64)55-52-49-46-43-40-37-35-32-29-26-23-20-17-14-11-8-5-2/h8,11,16-17,19-20,25-26,28-29,31,33,35,37-38,41,43,46-47,50,60H,4-7,9-10,12-15,18,21-24,27,30,32,34,36,39-40,42,44-45,48-49,51-59H2,1-3H3/b11-8-,19-16-,20-17-,28-25-,29-26-,33-31-,37-35-,41-38-,46-43-,50-47-/t60-/m1/s1. The highest BCUT2D eigenvalue weighted by atomic mass is 16.6. The first kappa shape index (κ1) is 64.8. The molecule has 390 valence electrons. The molecule has 0 bridgehead atoms. The van der Waals surface area contributed by atoms with E-state index in [0.717, 1.165) is 83.5 Å². The van der Waals surface area contributed by atoms with Crippen LogP contribution in [0.4, 0.5) is 0 Å². The van der Waals surface area contributed by atoms with Crippen LogP contribution in [0.15, 0.2) is 122 Å². The summed E-state index contributed by atoms with van der Waals surface area (Å²) in [5.74, 6) is -1.07. The van der Waals surface area contributed by atoms with Gasteiger partial charge in [0, 0.05) is 19.3 Å². The molecule has 0 unspecified atom stereocenters. The third kappa shape index (κ3) is 54.6. The fraction of sp³-hybridized carbons (Fsp3) is 0.635. The first-order valence-corrected chi connectivity index (χ1v) is 28.0. The fourth-order valence-electron chi connectivity index (χ4n) is 7.28. The molecule has 0 aromatic carbocycles. The average Bonchev–Trinajstić information content (AvgIpc) is 3.35. The molecule has 0 saturated heterocycles. The van der Waals surface area contributed by atoms with Gasteiger partial charge in [-0.15, -0.1) is 0 Å². The Morgan fingerprint density at radius 3 is 1.01 bits per heavy atom. The zero-order chi connectivity index (χ0) is 50.0. The van der Waals surface area contributed by atoms with Gasteiger partial charge in [-0.1, -0.05) is 245 Å². The molecule has 0 heterocycles. The Bertz CT molecular complexity index is 1470. The largest absolute Gasteiger partial charge is 0.462 e. The highest BCUT2D eigenvalue weighted by molar-refractivity contribution is 5.71. The predicted octanol–water partition coefficient (Wildman–Crippen LogP) is 18.9. The van der Waals surface area contributed by atoms with E-state index < -0.39 is 6.10 Å². The summed E-state index contributed by atoms with van der Waals surface area (Å²) in [7, 11) is 0. The number of unbranched alkanes of at least 4 members (excludes halogenated alkanes) is 18. The quantitative estimate of drug-likeness (QED) is 0.0262. The summed E-state index contributed by atoms with van der Waals surface area (Å²) >= 11 is 0. The zero-order valence-electron chi connectivity index (χ0n) is 44.5. The maximum Gasteiger partial charge on any atom is 0.306 e. The number of carbonyl (C=O) groups is 3. The van der Waals surface area contributed by atoms with Crippen LogP contribution in [0.25, 0.3) is 0 Å². The first-order chi connectivity index (χ1) is 34.0. The van der Waals surface area contributed by atoms with Crippen LogP contribution in [0.1, 0.15) is 239 Å². The molecular formula is C63H102O6. The molecule has 0 aliphatic carbocycles. The molecule has 0 amide bonds. The van der Waals surface area contributed by atoms with Crippen molar-refractivity contribution in [1.29, 1.82) is 0 Å². The Morgan fingerprint density at radius 1 is 0.304 bits per heavy atom. The molecule has 0 aliphatic rings. The summed E-state index contributed by atoms with van der Waals surface area (Å²) in [5, 5.41) is 0. The maximum absolute atomic E-state index is 12.8. The third-order valence-corrected chi connectivity index (χ3v) is 11.5. The Hall–Kier alpha value is -4.19. The summed E-state index contributed by atoms with van der Waals surface area (Å²) in [6.45, 7) is 6.38. The summed E-state index contributed by atoms with van der Waals surface area (Å²) < 4.78 is 16.7. The van der Waals surface area contributed by atoms with Crippen molar-refractivity contribution in [2.75, 3.05) is 13.2 Å². The minimum Gasteiger partial charge on any atom is -0.462 e. The second-order valence-corrected chi connectivity index (χ2v) is 18.1. The topological polar surface area (TPSA) is 78.9 Å². The van der Waals surface area contributed by atoms with E-state index in [4.69, 9.17) is 14.2 Å². The van der Waals surface area contributed by atoms with Gasteiger partial charge >= 0.3 is 17.9 Å². The Kier molecular flexibility index (Phi) is 53.0. The number of allylic oxidation sites excluding steroid dienone is 20. The Balaban J connectivity index is 4.59. The first-order valence-electron chi connectivity index (χ1n) is 28.0. The van der Waals surface area contributed by atoms with Gasteiger partial charge in [0.1, 0.15) is 13.2 Å². The van der Waals surface area contributed by atoms with E-state index in [9.17, 15) is 14.4 Å². The van der Waals surface area contributed by atoms with Crippen LogP contribution in [0.2, 0.25) is 0 Å². The van der Waals surface area contributed by atoms with Crippen LogP contribution in [-0.2, 0) is 28.6 Å². The number of ether oxygens (including phenoxy) is 3. The Morgan fingerprint density at radius 2 is 0.609 bits per heavy atom. The van der Waals surface area contributed by atoms with Gasteiger partial charge in [-0.25, -0.2) is 0 Å². The van der Waals surface area contributed by atoms with E-state index in [-0.39, 0.29) is 44.0 Å². The van der Waals surface area contributed by atoms with E-state index in [1.807, 2.05) is 6.08 Å². The van der Waals surface area contributed by atoms with Crippen molar-refractivity contribution in [1.82, 2.24) is 0 Å². The lowest BCUT2D eigenvalue weighted by Gasteiger charge is -2.18. The van der Waals surface area contributed by atoms with Crippen molar-refractivity contribution in [3.63, 3.8) is 0 Å². The number of hydrogen-bond donors (Lipinski definition) is 0. The predicted molar refractivity (Wildman–Crippen MR) is 297 cm³/mol. The van der Waals surface area contributed by atoms with Crippen molar-refractivity contribution in [3.05, 3.63) is 122 Å². The van der Waals surface area contributed by atoms with Crippen LogP contribution in [0.3, 0.4) is 0 Å². The lowest BCUT2D eigenvalue weighted by Crippen LogP contribution is -2.30. The second kappa shape index (κ2) is 56.4. The third-order valence-electron chi connectivity index (χ3n) is 11.5. The number of hydrogen-bond acceptors (Lipinski definition) is 6. The minimum atomic E-state index is -0.833. The molecule has 69 heavy (non-hydrogen) atoms. The molecule has 0 aromatic rings. The van der Waals surface area contributed by atoms with Gasteiger partial charge in [0.15, 0.2) is 6.10 Å². The summed E-state index contributed by atoms with van der Waals surface area (Å²) in [6, 6.07) is 0. The molecule has 0 radical (unpaired) electrons. The maximum atomic E-state index is 12.8. The van der Waals surface area contributed by atoms with Crippen LogP contribution < -0.4 is 0 Å². The number of rotatable bonds is 49. The summed E-state index contributed by atoms with van der Waals surface area (Å²) in [4.78, 5) is 38.1. The van der Waals surface area contributed by atoms with Gasteiger partial charge in [0.05, 0.1) is 0 Å². The highest BCUT2D eigenvalue weighted by Crippen LogP contribution is 2.15. The number of carbonyl (C=O) groups excluding carboxylic acids is 3. The zero-order valence-corrected chi connectivity index (χ0v) is 44.5. The van der Waals surface area contributed by atoms with Gasteiger partial charge in [-0.05, 0) is 96.3 Å². The number of esters is 3. The van der Waals surface area contributed by atoms with Gasteiger partial charge < -0.3 is 14.2 Å².